The van der Waals surface area contributed by atoms with Crippen LogP contribution in [0.1, 0.15) is 31.9 Å². The van der Waals surface area contributed by atoms with Gasteiger partial charge < -0.3 is 23.7 Å². The maximum absolute atomic E-state index is 13.3. The van der Waals surface area contributed by atoms with Crippen molar-refractivity contribution in [3.63, 3.8) is 0 Å². The molecule has 0 radical (unpaired) electrons. The lowest BCUT2D eigenvalue weighted by atomic mass is 9.65. The van der Waals surface area contributed by atoms with Gasteiger partial charge in [-0.25, -0.2) is 0 Å². The molecule has 0 saturated heterocycles. The number of rotatable bonds is 10. The zero-order chi connectivity index (χ0) is 23.2. The summed E-state index contributed by atoms with van der Waals surface area (Å²) in [5.41, 5.74) is -0.381. The summed E-state index contributed by atoms with van der Waals surface area (Å²) >= 11 is 0. The molecule has 0 saturated carbocycles. The highest BCUT2D eigenvalue weighted by molar-refractivity contribution is 5.99. The third-order valence-corrected chi connectivity index (χ3v) is 5.57. The second kappa shape index (κ2) is 10.2. The number of ether oxygens (including phenoxy) is 5. The third-order valence-electron chi connectivity index (χ3n) is 5.57. The molecule has 0 aliphatic heterocycles. The Hall–Kier alpha value is -3.22. The average molecular weight is 430 g/mol. The van der Waals surface area contributed by atoms with E-state index in [1.165, 1.54) is 34.3 Å². The van der Waals surface area contributed by atoms with Gasteiger partial charge in [-0.05, 0) is 30.2 Å². The number of hydrogen-bond acceptors (Lipinski definition) is 7. The summed E-state index contributed by atoms with van der Waals surface area (Å²) in [6.07, 6.45) is 4.39. The molecule has 1 aromatic rings. The van der Waals surface area contributed by atoms with Crippen molar-refractivity contribution in [3.8, 4) is 11.5 Å². The van der Waals surface area contributed by atoms with Gasteiger partial charge in [-0.3, -0.25) is 9.59 Å². The van der Waals surface area contributed by atoms with Crippen LogP contribution in [0.3, 0.4) is 0 Å². The second-order valence-corrected chi connectivity index (χ2v) is 7.26. The van der Waals surface area contributed by atoms with Gasteiger partial charge in [0.25, 0.3) is 0 Å². The van der Waals surface area contributed by atoms with E-state index in [9.17, 15) is 9.59 Å². The van der Waals surface area contributed by atoms with Crippen LogP contribution >= 0.6 is 0 Å². The summed E-state index contributed by atoms with van der Waals surface area (Å²) in [6, 6.07) is 5.27. The standard InChI is InChI=1S/C24H30O7/c1-8-11-24(14-21(30-7)20(29-6)13-22(24)26)15(2)23(31-16(3)25)17-9-10-18(27-4)19(12-17)28-5/h8-10,12-15,23H,1,11H2,2-7H3/t15-,23-,24-/m1/s1. The molecule has 0 spiro atoms. The van der Waals surface area contributed by atoms with Gasteiger partial charge in [0.2, 0.25) is 0 Å². The van der Waals surface area contributed by atoms with Gasteiger partial charge in [-0.2, -0.15) is 0 Å². The molecule has 1 aromatic carbocycles. The Labute approximate surface area is 183 Å². The van der Waals surface area contributed by atoms with Crippen molar-refractivity contribution in [2.24, 2.45) is 11.3 Å². The first-order valence-electron chi connectivity index (χ1n) is 9.85. The van der Waals surface area contributed by atoms with Gasteiger partial charge >= 0.3 is 5.97 Å². The number of ketones is 1. The largest absolute Gasteiger partial charge is 0.493 e. The number of carbonyl (C=O) groups excluding carboxylic acids is 2. The summed E-state index contributed by atoms with van der Waals surface area (Å²) in [7, 11) is 6.05. The van der Waals surface area contributed by atoms with Gasteiger partial charge in [0.1, 0.15) is 6.10 Å². The van der Waals surface area contributed by atoms with Crippen molar-refractivity contribution in [1.29, 1.82) is 0 Å². The zero-order valence-corrected chi connectivity index (χ0v) is 18.9. The van der Waals surface area contributed by atoms with Crippen LogP contribution in [0.15, 0.2) is 54.5 Å². The molecule has 1 aliphatic rings. The average Bonchev–Trinajstić information content (AvgIpc) is 2.77. The van der Waals surface area contributed by atoms with E-state index >= 15 is 0 Å². The normalized spacial score (nSPS) is 20.0. The minimum atomic E-state index is -1.05. The topological polar surface area (TPSA) is 80.3 Å². The molecule has 3 atom stereocenters. The lowest BCUT2D eigenvalue weighted by Gasteiger charge is -2.40. The molecule has 0 bridgehead atoms. The Bertz CT molecular complexity index is 899. The number of hydrogen-bond donors (Lipinski definition) is 0. The SMILES string of the molecule is C=CC[C@]1([C@H](C)[C@@H](OC(C)=O)c2ccc(OC)c(OC)c2)C=C(OC)C(OC)=CC1=O. The molecule has 1 aliphatic carbocycles. The van der Waals surface area contributed by atoms with Crippen molar-refractivity contribution in [2.45, 2.75) is 26.4 Å². The molecule has 0 fully saturated rings. The van der Waals surface area contributed by atoms with Gasteiger partial charge in [0.05, 0.1) is 33.9 Å². The zero-order valence-electron chi connectivity index (χ0n) is 18.9. The monoisotopic (exact) mass is 430 g/mol. The molecule has 31 heavy (non-hydrogen) atoms. The number of benzene rings is 1. The first-order valence-corrected chi connectivity index (χ1v) is 9.85. The molecule has 0 amide bonds. The highest BCUT2D eigenvalue weighted by Crippen LogP contribution is 2.48. The Morgan fingerprint density at radius 3 is 2.23 bits per heavy atom. The lowest BCUT2D eigenvalue weighted by molar-refractivity contribution is -0.153. The fourth-order valence-corrected chi connectivity index (χ4v) is 3.90. The summed E-state index contributed by atoms with van der Waals surface area (Å²) in [5, 5.41) is 0. The molecule has 0 heterocycles. The summed E-state index contributed by atoms with van der Waals surface area (Å²) in [5.74, 6) is 0.693. The van der Waals surface area contributed by atoms with Crippen molar-refractivity contribution >= 4 is 11.8 Å². The van der Waals surface area contributed by atoms with Gasteiger partial charge in [-0.1, -0.05) is 19.1 Å². The minimum Gasteiger partial charge on any atom is -0.493 e. The van der Waals surface area contributed by atoms with Gasteiger partial charge in [0.15, 0.2) is 28.8 Å². The number of methoxy groups -OCH3 is 4. The quantitative estimate of drug-likeness (QED) is 0.407. The van der Waals surface area contributed by atoms with Crippen molar-refractivity contribution in [1.82, 2.24) is 0 Å². The van der Waals surface area contributed by atoms with Gasteiger partial charge in [0, 0.05) is 18.9 Å². The van der Waals surface area contributed by atoms with Crippen LogP contribution in [0.4, 0.5) is 0 Å². The molecule has 7 heteroatoms. The predicted octanol–water partition coefficient (Wildman–Crippen LogP) is 4.15. The number of allylic oxidation sites excluding steroid dienone is 3. The summed E-state index contributed by atoms with van der Waals surface area (Å²) in [6.45, 7) is 7.03. The van der Waals surface area contributed by atoms with E-state index < -0.39 is 23.4 Å². The molecule has 2 rings (SSSR count). The fourth-order valence-electron chi connectivity index (χ4n) is 3.90. The number of carbonyl (C=O) groups is 2. The van der Waals surface area contributed by atoms with Crippen LogP contribution in [0.2, 0.25) is 0 Å². The Morgan fingerprint density at radius 2 is 1.71 bits per heavy atom. The molecular weight excluding hydrogens is 400 g/mol. The first kappa shape index (κ1) is 24.1. The van der Waals surface area contributed by atoms with E-state index in [1.54, 1.807) is 37.5 Å². The Balaban J connectivity index is 2.63. The van der Waals surface area contributed by atoms with E-state index in [0.29, 0.717) is 35.0 Å². The van der Waals surface area contributed by atoms with Crippen LogP contribution in [-0.4, -0.2) is 40.2 Å². The first-order chi connectivity index (χ1) is 14.8. The Kier molecular flexibility index (Phi) is 7.91. The molecular formula is C24H30O7. The van der Waals surface area contributed by atoms with Crippen LogP contribution in [-0.2, 0) is 23.8 Å². The summed E-state index contributed by atoms with van der Waals surface area (Å²) in [4.78, 5) is 25.3. The van der Waals surface area contributed by atoms with Crippen LogP contribution < -0.4 is 9.47 Å². The van der Waals surface area contributed by atoms with E-state index in [-0.39, 0.29) is 5.78 Å². The van der Waals surface area contributed by atoms with Crippen molar-refractivity contribution in [2.75, 3.05) is 28.4 Å². The number of esters is 1. The van der Waals surface area contributed by atoms with Crippen LogP contribution in [0.25, 0.3) is 0 Å². The van der Waals surface area contributed by atoms with E-state index in [4.69, 9.17) is 23.7 Å². The van der Waals surface area contributed by atoms with Crippen molar-refractivity contribution < 1.29 is 33.3 Å². The maximum atomic E-state index is 13.3. The Morgan fingerprint density at radius 1 is 1.06 bits per heavy atom. The minimum absolute atomic E-state index is 0.185. The fraction of sp³-hybridized carbons (Fsp3) is 0.417. The molecule has 0 aromatic heterocycles. The molecule has 7 nitrogen and oxygen atoms in total. The maximum Gasteiger partial charge on any atom is 0.303 e. The van der Waals surface area contributed by atoms with Gasteiger partial charge in [-0.15, -0.1) is 6.58 Å². The highest BCUT2D eigenvalue weighted by Gasteiger charge is 2.47. The highest BCUT2D eigenvalue weighted by atomic mass is 16.5. The lowest BCUT2D eigenvalue weighted by Crippen LogP contribution is -2.41. The predicted molar refractivity (Wildman–Crippen MR) is 116 cm³/mol. The molecule has 0 N–H and O–H groups in total. The smallest absolute Gasteiger partial charge is 0.303 e. The van der Waals surface area contributed by atoms with Crippen LogP contribution in [0, 0.1) is 11.3 Å². The molecule has 168 valence electrons. The third kappa shape index (κ3) is 4.76. The molecule has 0 unspecified atom stereocenters. The van der Waals surface area contributed by atoms with E-state index in [0.717, 1.165) is 0 Å². The van der Waals surface area contributed by atoms with E-state index in [1.807, 2.05) is 6.92 Å². The van der Waals surface area contributed by atoms with Crippen molar-refractivity contribution in [3.05, 3.63) is 60.1 Å². The van der Waals surface area contributed by atoms with E-state index in [2.05, 4.69) is 6.58 Å². The van der Waals surface area contributed by atoms with Crippen LogP contribution in [0.5, 0.6) is 11.5 Å². The second-order valence-electron chi connectivity index (χ2n) is 7.26. The summed E-state index contributed by atoms with van der Waals surface area (Å²) < 4.78 is 27.2.